The fraction of sp³-hybridized carbons (Fsp3) is 0.200. The lowest BCUT2D eigenvalue weighted by Gasteiger charge is -2.18. The van der Waals surface area contributed by atoms with Crippen molar-refractivity contribution in [3.63, 3.8) is 0 Å². The number of methoxy groups -OCH3 is 2. The minimum atomic E-state index is -0.510. The fourth-order valence-corrected chi connectivity index (χ4v) is 2.28. The Labute approximate surface area is 122 Å². The Hall–Kier alpha value is -1.78. The topological polar surface area (TPSA) is 44.5 Å². The van der Waals surface area contributed by atoms with Crippen molar-refractivity contribution in [2.24, 2.45) is 5.73 Å². The third-order valence-corrected chi connectivity index (χ3v) is 3.40. The molecule has 1 unspecified atom stereocenters. The van der Waals surface area contributed by atoms with Crippen LogP contribution in [0.5, 0.6) is 11.5 Å². The lowest BCUT2D eigenvalue weighted by Crippen LogP contribution is -2.13. The summed E-state index contributed by atoms with van der Waals surface area (Å²) in [7, 11) is 3.13. The molecule has 0 spiro atoms. The highest BCUT2D eigenvalue weighted by atomic mass is 35.5. The molecule has 5 heteroatoms. The second-order valence-corrected chi connectivity index (χ2v) is 4.66. The van der Waals surface area contributed by atoms with Crippen molar-refractivity contribution < 1.29 is 13.9 Å². The molecule has 2 rings (SSSR count). The Kier molecular flexibility index (Phi) is 4.47. The van der Waals surface area contributed by atoms with Crippen LogP contribution < -0.4 is 15.2 Å². The molecule has 0 saturated heterocycles. The zero-order chi connectivity index (χ0) is 14.7. The highest BCUT2D eigenvalue weighted by Gasteiger charge is 2.17. The van der Waals surface area contributed by atoms with Crippen LogP contribution in [0.2, 0.25) is 5.02 Å². The molecule has 0 heterocycles. The van der Waals surface area contributed by atoms with Crippen LogP contribution in [-0.2, 0) is 0 Å². The van der Waals surface area contributed by atoms with Gasteiger partial charge in [0.05, 0.1) is 20.3 Å². The molecule has 0 aliphatic heterocycles. The van der Waals surface area contributed by atoms with Crippen LogP contribution in [0.3, 0.4) is 0 Å². The highest BCUT2D eigenvalue weighted by molar-refractivity contribution is 6.31. The summed E-state index contributed by atoms with van der Waals surface area (Å²) in [6, 6.07) is 8.98. The number of halogens is 2. The van der Waals surface area contributed by atoms with Crippen LogP contribution >= 0.6 is 11.6 Å². The summed E-state index contributed by atoms with van der Waals surface area (Å²) in [4.78, 5) is 0. The average Bonchev–Trinajstić information content (AvgIpc) is 2.46. The zero-order valence-corrected chi connectivity index (χ0v) is 11.9. The molecule has 0 fully saturated rings. The molecule has 106 valence electrons. The van der Waals surface area contributed by atoms with Gasteiger partial charge in [-0.1, -0.05) is 17.7 Å². The van der Waals surface area contributed by atoms with Gasteiger partial charge in [0.1, 0.15) is 17.3 Å². The standard InChI is InChI=1S/C15H15ClFNO2/c1-19-10-4-6-12(14(8-10)20-2)15(18)11-5-3-9(17)7-13(11)16/h3-8,15H,18H2,1-2H3. The van der Waals surface area contributed by atoms with Gasteiger partial charge < -0.3 is 15.2 Å². The molecular formula is C15H15ClFNO2. The van der Waals surface area contributed by atoms with E-state index in [1.807, 2.05) is 6.07 Å². The fourth-order valence-electron chi connectivity index (χ4n) is 2.00. The van der Waals surface area contributed by atoms with Gasteiger partial charge in [-0.25, -0.2) is 4.39 Å². The summed E-state index contributed by atoms with van der Waals surface area (Å²) in [5, 5.41) is 0.287. The molecule has 0 amide bonds. The maximum Gasteiger partial charge on any atom is 0.127 e. The second-order valence-electron chi connectivity index (χ2n) is 4.25. The molecule has 20 heavy (non-hydrogen) atoms. The van der Waals surface area contributed by atoms with E-state index in [0.717, 1.165) is 5.56 Å². The summed E-state index contributed by atoms with van der Waals surface area (Å²) < 4.78 is 23.5. The summed E-state index contributed by atoms with van der Waals surface area (Å²) in [6.45, 7) is 0. The lowest BCUT2D eigenvalue weighted by atomic mass is 9.98. The van der Waals surface area contributed by atoms with Crippen molar-refractivity contribution in [2.75, 3.05) is 14.2 Å². The molecule has 0 aliphatic rings. The number of nitrogens with two attached hydrogens (primary N) is 1. The van der Waals surface area contributed by atoms with E-state index in [1.165, 1.54) is 12.1 Å². The van der Waals surface area contributed by atoms with Crippen molar-refractivity contribution in [2.45, 2.75) is 6.04 Å². The van der Waals surface area contributed by atoms with Crippen LogP contribution in [0, 0.1) is 5.82 Å². The number of hydrogen-bond donors (Lipinski definition) is 1. The summed E-state index contributed by atoms with van der Waals surface area (Å²) in [5.41, 5.74) is 7.59. The number of hydrogen-bond acceptors (Lipinski definition) is 3. The smallest absolute Gasteiger partial charge is 0.127 e. The van der Waals surface area contributed by atoms with Gasteiger partial charge in [0.15, 0.2) is 0 Å². The Morgan fingerprint density at radius 1 is 1.05 bits per heavy atom. The highest BCUT2D eigenvalue weighted by Crippen LogP contribution is 2.34. The Balaban J connectivity index is 2.44. The van der Waals surface area contributed by atoms with Crippen LogP contribution in [0.4, 0.5) is 4.39 Å². The van der Waals surface area contributed by atoms with E-state index in [-0.39, 0.29) is 5.02 Å². The molecule has 0 bridgehead atoms. The molecule has 0 saturated carbocycles. The first-order valence-electron chi connectivity index (χ1n) is 5.99. The summed E-state index contributed by atoms with van der Waals surface area (Å²) in [5.74, 6) is 0.868. The largest absolute Gasteiger partial charge is 0.497 e. The van der Waals surface area contributed by atoms with Gasteiger partial charge in [-0.05, 0) is 29.8 Å². The Bertz CT molecular complexity index is 619. The Morgan fingerprint density at radius 3 is 2.35 bits per heavy atom. The molecule has 3 nitrogen and oxygen atoms in total. The number of rotatable bonds is 4. The van der Waals surface area contributed by atoms with Gasteiger partial charge in [-0.3, -0.25) is 0 Å². The Morgan fingerprint density at radius 2 is 1.75 bits per heavy atom. The van der Waals surface area contributed by atoms with E-state index in [9.17, 15) is 4.39 Å². The van der Waals surface area contributed by atoms with Crippen LogP contribution in [-0.4, -0.2) is 14.2 Å². The molecule has 0 aliphatic carbocycles. The van der Waals surface area contributed by atoms with E-state index in [4.69, 9.17) is 26.8 Å². The predicted molar refractivity (Wildman–Crippen MR) is 77.0 cm³/mol. The molecule has 0 aromatic heterocycles. The summed E-state index contributed by atoms with van der Waals surface area (Å²) >= 11 is 6.04. The summed E-state index contributed by atoms with van der Waals surface area (Å²) in [6.07, 6.45) is 0. The van der Waals surface area contributed by atoms with Crippen LogP contribution in [0.15, 0.2) is 36.4 Å². The molecule has 2 N–H and O–H groups in total. The molecule has 1 atom stereocenters. The van der Waals surface area contributed by atoms with Gasteiger partial charge in [-0.15, -0.1) is 0 Å². The maximum atomic E-state index is 13.1. The van der Waals surface area contributed by atoms with Crippen molar-refractivity contribution >= 4 is 11.6 Å². The first kappa shape index (κ1) is 14.6. The minimum absolute atomic E-state index is 0.287. The van der Waals surface area contributed by atoms with E-state index < -0.39 is 11.9 Å². The van der Waals surface area contributed by atoms with Crippen molar-refractivity contribution in [3.8, 4) is 11.5 Å². The van der Waals surface area contributed by atoms with E-state index in [1.54, 1.807) is 32.4 Å². The van der Waals surface area contributed by atoms with Crippen molar-refractivity contribution in [1.82, 2.24) is 0 Å². The normalized spacial score (nSPS) is 12.1. The van der Waals surface area contributed by atoms with Gasteiger partial charge in [0, 0.05) is 16.7 Å². The average molecular weight is 296 g/mol. The van der Waals surface area contributed by atoms with Crippen molar-refractivity contribution in [1.29, 1.82) is 0 Å². The first-order valence-corrected chi connectivity index (χ1v) is 6.37. The number of ether oxygens (including phenoxy) is 2. The lowest BCUT2D eigenvalue weighted by molar-refractivity contribution is 0.390. The van der Waals surface area contributed by atoms with Gasteiger partial charge in [0.25, 0.3) is 0 Å². The zero-order valence-electron chi connectivity index (χ0n) is 11.2. The third kappa shape index (κ3) is 2.86. The van der Waals surface area contributed by atoms with Gasteiger partial charge >= 0.3 is 0 Å². The van der Waals surface area contributed by atoms with Gasteiger partial charge in [-0.2, -0.15) is 0 Å². The van der Waals surface area contributed by atoms with E-state index >= 15 is 0 Å². The first-order chi connectivity index (χ1) is 9.56. The van der Waals surface area contributed by atoms with Crippen molar-refractivity contribution in [3.05, 3.63) is 58.4 Å². The SMILES string of the molecule is COc1ccc(C(N)c2ccc(F)cc2Cl)c(OC)c1. The van der Waals surface area contributed by atoms with E-state index in [2.05, 4.69) is 0 Å². The minimum Gasteiger partial charge on any atom is -0.497 e. The molecule has 2 aromatic carbocycles. The monoisotopic (exact) mass is 295 g/mol. The molecular weight excluding hydrogens is 281 g/mol. The second kappa shape index (κ2) is 6.11. The predicted octanol–water partition coefficient (Wildman–Crippen LogP) is 3.54. The maximum absolute atomic E-state index is 13.1. The quantitative estimate of drug-likeness (QED) is 0.938. The van der Waals surface area contributed by atoms with Crippen LogP contribution in [0.25, 0.3) is 0 Å². The molecule has 2 aromatic rings. The molecule has 0 radical (unpaired) electrons. The van der Waals surface area contributed by atoms with E-state index in [0.29, 0.717) is 17.1 Å². The third-order valence-electron chi connectivity index (χ3n) is 3.07. The number of benzene rings is 2. The van der Waals surface area contributed by atoms with Crippen LogP contribution in [0.1, 0.15) is 17.2 Å². The van der Waals surface area contributed by atoms with Gasteiger partial charge in [0.2, 0.25) is 0 Å².